The van der Waals surface area contributed by atoms with E-state index in [2.05, 4.69) is 21.3 Å². The zero-order valence-electron chi connectivity index (χ0n) is 60.9. The van der Waals surface area contributed by atoms with E-state index in [9.17, 15) is 29.1 Å². The van der Waals surface area contributed by atoms with Crippen molar-refractivity contribution in [1.82, 2.24) is 60.5 Å². The lowest BCUT2D eigenvalue weighted by molar-refractivity contribution is -0.157. The minimum Gasteiger partial charge on any atom is -0.390 e. The second-order valence-electron chi connectivity index (χ2n) is 28.2. The molecular weight excluding hydrogens is 1200 g/mol. The van der Waals surface area contributed by atoms with E-state index in [0.717, 1.165) is 4.90 Å². The minimum atomic E-state index is -1.63. The Morgan fingerprint density at radius 3 is 1.32 bits per heavy atom. The Morgan fingerprint density at radius 1 is 0.467 bits per heavy atom. The van der Waals surface area contributed by atoms with E-state index < -0.39 is 155 Å². The summed E-state index contributed by atoms with van der Waals surface area (Å²) in [4.78, 5) is 174. The normalized spacial score (nSPS) is 26.7. The van der Waals surface area contributed by atoms with E-state index >= 15 is 28.8 Å². The number of rotatable bonds is 20. The average Bonchev–Trinajstić information content (AvgIpc) is 0.861. The number of nitrogens with one attached hydrogen (secondary N) is 4. The largest absolute Gasteiger partial charge is 0.390 e. The molecule has 92 heavy (non-hydrogen) atoms. The van der Waals surface area contributed by atoms with Gasteiger partial charge in [0.05, 0.1) is 6.10 Å². The van der Waals surface area contributed by atoms with Crippen molar-refractivity contribution in [2.45, 2.75) is 229 Å². The van der Waals surface area contributed by atoms with Gasteiger partial charge < -0.3 is 65.6 Å². The number of aliphatic hydroxyl groups is 1. The van der Waals surface area contributed by atoms with Crippen molar-refractivity contribution in [3.05, 3.63) is 12.2 Å². The first-order valence-electron chi connectivity index (χ1n) is 33.1. The molecule has 0 radical (unpaired) electrons. The van der Waals surface area contributed by atoms with Gasteiger partial charge in [-0.05, 0) is 115 Å². The molecular formula is C67H122N12O12S. The Labute approximate surface area is 556 Å². The van der Waals surface area contributed by atoms with Gasteiger partial charge in [0, 0.05) is 67.4 Å². The Balaban J connectivity index is 4.53. The van der Waals surface area contributed by atoms with Crippen molar-refractivity contribution in [3.8, 4) is 0 Å². The lowest BCUT2D eigenvalue weighted by atomic mass is 9.91. The van der Waals surface area contributed by atoms with Crippen molar-refractivity contribution in [1.29, 1.82) is 0 Å². The van der Waals surface area contributed by atoms with Gasteiger partial charge in [-0.25, -0.2) is 0 Å². The maximum Gasteiger partial charge on any atom is 0.246 e. The number of likely N-dealkylation sites (N-methyl/N-ethyl adjacent to an activating group) is 7. The highest BCUT2D eigenvalue weighted by molar-refractivity contribution is 7.99. The third-order valence-electron chi connectivity index (χ3n) is 17.3. The molecule has 0 saturated carbocycles. The van der Waals surface area contributed by atoms with Crippen molar-refractivity contribution < 1.29 is 57.8 Å². The van der Waals surface area contributed by atoms with Crippen molar-refractivity contribution in [2.75, 3.05) is 81.5 Å². The Hall–Kier alpha value is -5.82. The summed E-state index contributed by atoms with van der Waals surface area (Å²) in [7, 11) is 13.9. The zero-order valence-corrected chi connectivity index (χ0v) is 61.7. The van der Waals surface area contributed by atoms with Crippen LogP contribution in [0.3, 0.4) is 0 Å². The first kappa shape index (κ1) is 84.2. The molecule has 25 heteroatoms. The summed E-state index contributed by atoms with van der Waals surface area (Å²) in [6, 6.07) is -13.7. The van der Waals surface area contributed by atoms with Gasteiger partial charge in [0.1, 0.15) is 66.5 Å². The summed E-state index contributed by atoms with van der Waals surface area (Å²) in [5, 5.41) is 23.5. The SMILES string of the molecule is C/C=C/C[C@@H](C)[C@@H](O)[C@H]1C(=O)N[C@@H](CC)C(=O)N(C)[C@@H](CSCCN(C)C)C(=O)N(C)[C@@H](CC(C)C)C(=O)N[C@@H](C(C)C)C(=O)N(C)[C@@H](CC(C)C)C(=O)N[C@@H](C)C(=O)N[C@H](C)C(=O)N(C)[C@@H](CC(C)C)C(=O)N(C)[C@@H](CC(C)C)C(=O)N(C)[C@@H](C(C)C)C(=O)N1C. The van der Waals surface area contributed by atoms with Crippen molar-refractivity contribution in [2.24, 2.45) is 41.4 Å². The number of nitrogens with zero attached hydrogens (tertiary/aromatic N) is 8. The summed E-state index contributed by atoms with van der Waals surface area (Å²) in [6.45, 7) is 30.7. The molecule has 0 aromatic carbocycles. The fourth-order valence-electron chi connectivity index (χ4n) is 11.4. The number of allylic oxidation sites excluding steroid dienone is 2. The summed E-state index contributed by atoms with van der Waals surface area (Å²) in [5.41, 5.74) is 0. The third-order valence-corrected chi connectivity index (χ3v) is 18.4. The highest BCUT2D eigenvalue weighted by atomic mass is 32.2. The standard InChI is InChI=1S/C67H122N12O12S/c1-27-29-30-44(15)56(80)55-60(84)70-47(28-2)62(86)77(24)52(37-92-32-31-72(18)19)65(89)73(20)49(34-39(5)6)59(83)71-53(42(11)12)66(90)74(21)48(33-38(3)4)58(82)68-45(16)57(81)69-46(17)61(85)75(22)50(35-40(7)8)63(87)76(23)51(36-41(9)10)64(88)78(25)54(43(13)14)67(91)79(55)26/h27,29,38-56,80H,28,30-37H2,1-26H3,(H,68,82)(H,69,81)(H,70,84)(H,71,83)/b29-27+/t44-,45+,46-,47+,48+,49+,50+,51+,52+,53+,54+,55+,56-/m1/s1. The molecule has 24 nitrogen and oxygen atoms in total. The zero-order chi connectivity index (χ0) is 71.3. The summed E-state index contributed by atoms with van der Waals surface area (Å²) >= 11 is 1.41. The fraction of sp³-hybridized carbons (Fsp3) is 0.806. The van der Waals surface area contributed by atoms with Crippen molar-refractivity contribution >= 4 is 76.7 Å². The third kappa shape index (κ3) is 24.2. The molecule has 0 spiro atoms. The predicted octanol–water partition coefficient (Wildman–Crippen LogP) is 3.93. The molecule has 5 N–H and O–H groups in total. The van der Waals surface area contributed by atoms with Gasteiger partial charge in [-0.1, -0.05) is 109 Å². The van der Waals surface area contributed by atoms with E-state index in [1.807, 2.05) is 87.4 Å². The van der Waals surface area contributed by atoms with Crippen LogP contribution in [0.2, 0.25) is 0 Å². The maximum atomic E-state index is 15.3. The molecule has 0 unspecified atom stereocenters. The lowest BCUT2D eigenvalue weighted by Crippen LogP contribution is -2.64. The molecule has 0 aliphatic carbocycles. The topological polar surface area (TPSA) is 282 Å². The van der Waals surface area contributed by atoms with Crippen molar-refractivity contribution in [3.63, 3.8) is 0 Å². The summed E-state index contributed by atoms with van der Waals surface area (Å²) in [5.74, 6) is -9.09. The van der Waals surface area contributed by atoms with E-state index in [1.54, 1.807) is 47.6 Å². The number of amides is 11. The fourth-order valence-corrected chi connectivity index (χ4v) is 12.7. The van der Waals surface area contributed by atoms with E-state index in [4.69, 9.17) is 0 Å². The quantitative estimate of drug-likeness (QED) is 0.0854. The molecule has 0 bridgehead atoms. The number of carbonyl (C=O) groups is 11. The van der Waals surface area contributed by atoms with Gasteiger partial charge in [0.2, 0.25) is 65.0 Å². The molecule has 1 aliphatic heterocycles. The van der Waals surface area contributed by atoms with Crippen LogP contribution in [0.5, 0.6) is 0 Å². The number of hydrogen-bond donors (Lipinski definition) is 5. The smallest absolute Gasteiger partial charge is 0.246 e. The molecule has 11 amide bonds. The average molecular weight is 1320 g/mol. The van der Waals surface area contributed by atoms with Gasteiger partial charge >= 0.3 is 0 Å². The highest BCUT2D eigenvalue weighted by Gasteiger charge is 2.46. The molecule has 1 saturated heterocycles. The van der Waals surface area contributed by atoms with Gasteiger partial charge in [-0.3, -0.25) is 52.7 Å². The Bertz CT molecular complexity index is 2490. The van der Waals surface area contributed by atoms with Crippen LogP contribution in [0, 0.1) is 41.4 Å². The summed E-state index contributed by atoms with van der Waals surface area (Å²) < 4.78 is 0. The molecule has 0 aromatic heterocycles. The Morgan fingerprint density at radius 2 is 0.870 bits per heavy atom. The summed E-state index contributed by atoms with van der Waals surface area (Å²) in [6.07, 6.45) is 3.00. The second-order valence-corrected chi connectivity index (χ2v) is 29.3. The van der Waals surface area contributed by atoms with Gasteiger partial charge in [0.25, 0.3) is 0 Å². The first-order valence-corrected chi connectivity index (χ1v) is 34.3. The molecule has 1 rings (SSSR count). The number of aliphatic hydroxyl groups excluding tert-OH is 1. The molecule has 528 valence electrons. The molecule has 1 aliphatic rings. The Kier molecular flexibility index (Phi) is 35.8. The van der Waals surface area contributed by atoms with Gasteiger partial charge in [0.15, 0.2) is 0 Å². The van der Waals surface area contributed by atoms with Crippen LogP contribution in [0.25, 0.3) is 0 Å². The maximum absolute atomic E-state index is 15.3. The lowest BCUT2D eigenvalue weighted by Gasteiger charge is -2.41. The van der Waals surface area contributed by atoms with Crippen LogP contribution in [0.1, 0.15) is 156 Å². The highest BCUT2D eigenvalue weighted by Crippen LogP contribution is 2.26. The van der Waals surface area contributed by atoms with Crippen LogP contribution < -0.4 is 21.3 Å². The molecule has 1 heterocycles. The number of hydrogen-bond acceptors (Lipinski definition) is 14. The monoisotopic (exact) mass is 1320 g/mol. The predicted molar refractivity (Wildman–Crippen MR) is 363 cm³/mol. The van der Waals surface area contributed by atoms with Crippen LogP contribution in [0.4, 0.5) is 0 Å². The van der Waals surface area contributed by atoms with Gasteiger partial charge in [-0.2, -0.15) is 11.8 Å². The number of carbonyl (C=O) groups excluding carboxylic acids is 11. The number of thioether (sulfide) groups is 1. The second kappa shape index (κ2) is 39.1. The molecule has 1 fully saturated rings. The van der Waals surface area contributed by atoms with Crippen LogP contribution in [0.15, 0.2) is 12.2 Å². The molecule has 0 aromatic rings. The van der Waals surface area contributed by atoms with Crippen LogP contribution in [-0.2, 0) is 52.7 Å². The van der Waals surface area contributed by atoms with E-state index in [0.29, 0.717) is 18.7 Å². The van der Waals surface area contributed by atoms with Crippen LogP contribution >= 0.6 is 11.8 Å². The molecule has 13 atom stereocenters. The first-order chi connectivity index (χ1) is 42.5. The van der Waals surface area contributed by atoms with E-state index in [-0.39, 0.29) is 61.5 Å². The minimum absolute atomic E-state index is 0.00947. The van der Waals surface area contributed by atoms with Gasteiger partial charge in [-0.15, -0.1) is 0 Å². The van der Waals surface area contributed by atoms with Crippen LogP contribution in [-0.4, -0.2) is 263 Å². The van der Waals surface area contributed by atoms with E-state index in [1.165, 1.54) is 104 Å².